The number of carbonyl (C=O) groups excluding carboxylic acids is 2. The van der Waals surface area contributed by atoms with Gasteiger partial charge < -0.3 is 10.2 Å². The predicted octanol–water partition coefficient (Wildman–Crippen LogP) is 3.14. The van der Waals surface area contributed by atoms with Crippen LogP contribution in [0.4, 0.5) is 10.1 Å². The summed E-state index contributed by atoms with van der Waals surface area (Å²) in [6.45, 7) is 1.80. The average Bonchev–Trinajstić information content (AvgIpc) is 2.58. The van der Waals surface area contributed by atoms with Crippen LogP contribution in [0.15, 0.2) is 53.4 Å². The van der Waals surface area contributed by atoms with Crippen LogP contribution in [0.1, 0.15) is 18.5 Å². The molecule has 0 fully saturated rings. The third-order valence-electron chi connectivity index (χ3n) is 3.86. The Morgan fingerprint density at radius 1 is 1.25 bits per heavy atom. The molecular weight excluding hydrogens is 327 g/mol. The molecule has 0 saturated heterocycles. The number of thioether (sulfide) groups is 1. The van der Waals surface area contributed by atoms with E-state index in [2.05, 4.69) is 5.32 Å². The lowest BCUT2D eigenvalue weighted by Gasteiger charge is -2.28. The van der Waals surface area contributed by atoms with E-state index >= 15 is 0 Å². The fourth-order valence-corrected chi connectivity index (χ4v) is 3.53. The second kappa shape index (κ2) is 7.05. The Labute approximate surface area is 144 Å². The van der Waals surface area contributed by atoms with Crippen LogP contribution in [-0.4, -0.2) is 24.1 Å². The van der Waals surface area contributed by atoms with Gasteiger partial charge in [-0.1, -0.05) is 24.3 Å². The van der Waals surface area contributed by atoms with Crippen LogP contribution in [0.5, 0.6) is 0 Å². The zero-order valence-corrected chi connectivity index (χ0v) is 14.0. The number of para-hydroxylation sites is 1. The van der Waals surface area contributed by atoms with Crippen LogP contribution in [0, 0.1) is 5.82 Å². The fraction of sp³-hybridized carbons (Fsp3) is 0.222. The van der Waals surface area contributed by atoms with Gasteiger partial charge in [0.05, 0.1) is 17.5 Å². The first-order valence-corrected chi connectivity index (χ1v) is 8.60. The van der Waals surface area contributed by atoms with Gasteiger partial charge in [0.15, 0.2) is 0 Å². The van der Waals surface area contributed by atoms with Gasteiger partial charge in [-0.2, -0.15) is 0 Å². The molecule has 0 aromatic heterocycles. The van der Waals surface area contributed by atoms with E-state index in [4.69, 9.17) is 0 Å². The molecule has 1 atom stereocenters. The molecule has 3 rings (SSSR count). The van der Waals surface area contributed by atoms with E-state index in [0.29, 0.717) is 5.75 Å². The Morgan fingerprint density at radius 3 is 2.71 bits per heavy atom. The van der Waals surface area contributed by atoms with Gasteiger partial charge in [0.1, 0.15) is 12.4 Å². The molecule has 6 heteroatoms. The van der Waals surface area contributed by atoms with Gasteiger partial charge in [-0.25, -0.2) is 4.39 Å². The summed E-state index contributed by atoms with van der Waals surface area (Å²) >= 11 is 1.48. The van der Waals surface area contributed by atoms with Crippen molar-refractivity contribution in [1.29, 1.82) is 0 Å². The van der Waals surface area contributed by atoms with Crippen molar-refractivity contribution in [1.82, 2.24) is 5.32 Å². The van der Waals surface area contributed by atoms with E-state index in [0.717, 1.165) is 16.1 Å². The average molecular weight is 344 g/mol. The highest BCUT2D eigenvalue weighted by Crippen LogP contribution is 2.34. The predicted molar refractivity (Wildman–Crippen MR) is 92.5 cm³/mol. The second-order valence-electron chi connectivity index (χ2n) is 5.58. The van der Waals surface area contributed by atoms with Crippen molar-refractivity contribution in [2.45, 2.75) is 17.9 Å². The molecule has 1 aliphatic rings. The Hall–Kier alpha value is -2.34. The Kier molecular flexibility index (Phi) is 4.85. The molecule has 1 N–H and O–H groups in total. The normalized spacial score (nSPS) is 14.9. The standard InChI is InChI=1S/C18H17FN2O2S/c1-12(13-6-8-14(19)9-7-13)20-17(22)10-21-15-4-2-3-5-16(15)24-11-18(21)23/h2-9,12H,10-11H2,1H3,(H,20,22). The molecule has 24 heavy (non-hydrogen) atoms. The van der Waals surface area contributed by atoms with Crippen LogP contribution >= 0.6 is 11.8 Å². The maximum absolute atomic E-state index is 13.0. The number of benzene rings is 2. The smallest absolute Gasteiger partial charge is 0.240 e. The van der Waals surface area contributed by atoms with Crippen molar-refractivity contribution in [3.8, 4) is 0 Å². The summed E-state index contributed by atoms with van der Waals surface area (Å²) in [6, 6.07) is 13.3. The van der Waals surface area contributed by atoms with Gasteiger partial charge in [-0.05, 0) is 36.8 Å². The lowest BCUT2D eigenvalue weighted by molar-refractivity contribution is -0.123. The number of anilines is 1. The number of rotatable bonds is 4. The van der Waals surface area contributed by atoms with E-state index < -0.39 is 0 Å². The first-order valence-electron chi connectivity index (χ1n) is 7.61. The molecule has 124 valence electrons. The number of nitrogens with one attached hydrogen (secondary N) is 1. The lowest BCUT2D eigenvalue weighted by atomic mass is 10.1. The van der Waals surface area contributed by atoms with Crippen LogP contribution in [0.2, 0.25) is 0 Å². The summed E-state index contributed by atoms with van der Waals surface area (Å²) in [4.78, 5) is 27.0. The number of fused-ring (bicyclic) bond motifs is 1. The highest BCUT2D eigenvalue weighted by atomic mass is 32.2. The molecule has 4 nitrogen and oxygen atoms in total. The van der Waals surface area contributed by atoms with E-state index in [9.17, 15) is 14.0 Å². The van der Waals surface area contributed by atoms with E-state index in [1.165, 1.54) is 28.8 Å². The van der Waals surface area contributed by atoms with Crippen LogP contribution < -0.4 is 10.2 Å². The first-order chi connectivity index (χ1) is 11.5. The molecule has 0 bridgehead atoms. The molecule has 2 aromatic rings. The van der Waals surface area contributed by atoms with Gasteiger partial charge in [-0.3, -0.25) is 9.59 Å². The van der Waals surface area contributed by atoms with Gasteiger partial charge in [0.25, 0.3) is 0 Å². The summed E-state index contributed by atoms with van der Waals surface area (Å²) in [6.07, 6.45) is 0. The number of hydrogen-bond donors (Lipinski definition) is 1. The number of carbonyl (C=O) groups is 2. The minimum Gasteiger partial charge on any atom is -0.348 e. The van der Waals surface area contributed by atoms with Crippen molar-refractivity contribution in [2.24, 2.45) is 0 Å². The van der Waals surface area contributed by atoms with Gasteiger partial charge >= 0.3 is 0 Å². The van der Waals surface area contributed by atoms with E-state index in [1.807, 2.05) is 31.2 Å². The molecule has 0 aliphatic carbocycles. The molecule has 2 aromatic carbocycles. The minimum atomic E-state index is -0.315. The lowest BCUT2D eigenvalue weighted by Crippen LogP contribution is -2.43. The number of hydrogen-bond acceptors (Lipinski definition) is 3. The van der Waals surface area contributed by atoms with Crippen molar-refractivity contribution >= 4 is 29.3 Å². The second-order valence-corrected chi connectivity index (χ2v) is 6.59. The molecule has 0 spiro atoms. The Morgan fingerprint density at radius 2 is 1.96 bits per heavy atom. The number of amides is 2. The van der Waals surface area contributed by atoms with Crippen LogP contribution in [0.25, 0.3) is 0 Å². The summed E-state index contributed by atoms with van der Waals surface area (Å²) in [5.41, 5.74) is 1.58. The Balaban J connectivity index is 1.68. The van der Waals surface area contributed by atoms with Crippen LogP contribution in [-0.2, 0) is 9.59 Å². The highest BCUT2D eigenvalue weighted by molar-refractivity contribution is 8.00. The van der Waals surface area contributed by atoms with Crippen LogP contribution in [0.3, 0.4) is 0 Å². The summed E-state index contributed by atoms with van der Waals surface area (Å²) in [5, 5.41) is 2.85. The van der Waals surface area contributed by atoms with Crippen molar-refractivity contribution < 1.29 is 14.0 Å². The monoisotopic (exact) mass is 344 g/mol. The fourth-order valence-electron chi connectivity index (χ4n) is 2.59. The summed E-state index contributed by atoms with van der Waals surface area (Å²) in [7, 11) is 0. The maximum Gasteiger partial charge on any atom is 0.240 e. The molecule has 1 unspecified atom stereocenters. The quantitative estimate of drug-likeness (QED) is 0.927. The third-order valence-corrected chi connectivity index (χ3v) is 4.90. The van der Waals surface area contributed by atoms with E-state index in [1.54, 1.807) is 12.1 Å². The molecule has 0 radical (unpaired) electrons. The van der Waals surface area contributed by atoms with E-state index in [-0.39, 0.29) is 30.2 Å². The SMILES string of the molecule is CC(NC(=O)CN1C(=O)CSc2ccccc21)c1ccc(F)cc1. The molecule has 1 heterocycles. The molecule has 0 saturated carbocycles. The summed E-state index contributed by atoms with van der Waals surface area (Å²) < 4.78 is 13.0. The number of halogens is 1. The maximum atomic E-state index is 13.0. The van der Waals surface area contributed by atoms with Crippen molar-refractivity contribution in [3.05, 3.63) is 59.9 Å². The highest BCUT2D eigenvalue weighted by Gasteiger charge is 2.26. The van der Waals surface area contributed by atoms with Gasteiger partial charge in [0.2, 0.25) is 11.8 Å². The zero-order chi connectivity index (χ0) is 17.1. The molecular formula is C18H17FN2O2S. The summed E-state index contributed by atoms with van der Waals surface area (Å²) in [5.74, 6) is -0.312. The molecule has 1 aliphatic heterocycles. The van der Waals surface area contributed by atoms with Gasteiger partial charge in [-0.15, -0.1) is 11.8 Å². The third kappa shape index (κ3) is 3.59. The largest absolute Gasteiger partial charge is 0.348 e. The van der Waals surface area contributed by atoms with Crippen molar-refractivity contribution in [3.63, 3.8) is 0 Å². The topological polar surface area (TPSA) is 49.4 Å². The number of nitrogens with zero attached hydrogens (tertiary/aromatic N) is 1. The van der Waals surface area contributed by atoms with Crippen molar-refractivity contribution in [2.75, 3.05) is 17.2 Å². The minimum absolute atomic E-state index is 0.0259. The molecule has 2 amide bonds. The van der Waals surface area contributed by atoms with Gasteiger partial charge in [0, 0.05) is 4.90 Å². The zero-order valence-electron chi connectivity index (χ0n) is 13.2. The Bertz CT molecular complexity index is 764. The first kappa shape index (κ1) is 16.5.